The van der Waals surface area contributed by atoms with Crippen LogP contribution in [0.4, 0.5) is 4.39 Å². The van der Waals surface area contributed by atoms with Gasteiger partial charge in [-0.2, -0.15) is 0 Å². The average Bonchev–Trinajstić information content (AvgIpc) is 2.74. The second-order valence-corrected chi connectivity index (χ2v) is 8.12. The SMILES string of the molecule is Cc1c2c(cc3c4c(c(=O)oc13)CCCC4)CN(CCc1ccc(F)cc1)CO2. The van der Waals surface area contributed by atoms with Gasteiger partial charge in [0, 0.05) is 35.2 Å². The summed E-state index contributed by atoms with van der Waals surface area (Å²) in [5.74, 6) is 0.635. The Hall–Kier alpha value is -2.66. The van der Waals surface area contributed by atoms with Gasteiger partial charge in [0.2, 0.25) is 0 Å². The van der Waals surface area contributed by atoms with Crippen LogP contribution in [0.25, 0.3) is 11.0 Å². The molecule has 1 aromatic heterocycles. The number of benzene rings is 2. The summed E-state index contributed by atoms with van der Waals surface area (Å²) in [5.41, 5.74) is 5.68. The maximum absolute atomic E-state index is 13.1. The Labute approximate surface area is 168 Å². The molecule has 0 unspecified atom stereocenters. The fraction of sp³-hybridized carbons (Fsp3) is 0.375. The van der Waals surface area contributed by atoms with Crippen molar-refractivity contribution in [3.63, 3.8) is 0 Å². The third kappa shape index (κ3) is 3.33. The van der Waals surface area contributed by atoms with Crippen molar-refractivity contribution >= 4 is 11.0 Å². The molecule has 0 amide bonds. The smallest absolute Gasteiger partial charge is 0.339 e. The molecule has 29 heavy (non-hydrogen) atoms. The Morgan fingerprint density at radius 1 is 1.10 bits per heavy atom. The summed E-state index contributed by atoms with van der Waals surface area (Å²) in [4.78, 5) is 14.7. The van der Waals surface area contributed by atoms with Crippen LogP contribution in [0.2, 0.25) is 0 Å². The molecule has 2 heterocycles. The molecule has 1 aliphatic heterocycles. The van der Waals surface area contributed by atoms with Crippen molar-refractivity contribution in [2.45, 2.75) is 45.6 Å². The third-order valence-corrected chi connectivity index (χ3v) is 6.19. The molecule has 0 saturated heterocycles. The maximum atomic E-state index is 13.1. The summed E-state index contributed by atoms with van der Waals surface area (Å²) in [6.07, 6.45) is 4.75. The number of nitrogens with zero attached hydrogens (tertiary/aromatic N) is 1. The van der Waals surface area contributed by atoms with E-state index in [-0.39, 0.29) is 11.4 Å². The van der Waals surface area contributed by atoms with E-state index in [2.05, 4.69) is 11.0 Å². The lowest BCUT2D eigenvalue weighted by Crippen LogP contribution is -2.34. The summed E-state index contributed by atoms with van der Waals surface area (Å²) in [6, 6.07) is 8.84. The topological polar surface area (TPSA) is 42.7 Å². The first kappa shape index (κ1) is 18.4. The molecular weight excluding hydrogens is 369 g/mol. The number of halogens is 1. The first-order valence-electron chi connectivity index (χ1n) is 10.3. The van der Waals surface area contributed by atoms with E-state index < -0.39 is 0 Å². The predicted octanol–water partition coefficient (Wildman–Crippen LogP) is 4.51. The minimum atomic E-state index is -0.207. The normalized spacial score (nSPS) is 16.3. The van der Waals surface area contributed by atoms with Gasteiger partial charge in [0.1, 0.15) is 23.9 Å². The molecule has 0 saturated carbocycles. The number of fused-ring (bicyclic) bond motifs is 4. The molecule has 4 nitrogen and oxygen atoms in total. The van der Waals surface area contributed by atoms with Crippen molar-refractivity contribution in [2.75, 3.05) is 13.3 Å². The van der Waals surface area contributed by atoms with Crippen molar-refractivity contribution in [3.05, 3.63) is 74.4 Å². The van der Waals surface area contributed by atoms with E-state index in [0.29, 0.717) is 12.3 Å². The van der Waals surface area contributed by atoms with E-state index in [1.165, 1.54) is 12.1 Å². The number of hydrogen-bond acceptors (Lipinski definition) is 4. The van der Waals surface area contributed by atoms with Crippen LogP contribution in [-0.2, 0) is 25.8 Å². The van der Waals surface area contributed by atoms with Gasteiger partial charge in [-0.25, -0.2) is 9.18 Å². The van der Waals surface area contributed by atoms with Crippen LogP contribution in [0.15, 0.2) is 39.5 Å². The van der Waals surface area contributed by atoms with E-state index in [1.54, 1.807) is 0 Å². The van der Waals surface area contributed by atoms with E-state index in [0.717, 1.165) is 84.1 Å². The number of aryl methyl sites for hydroxylation is 2. The molecule has 0 radical (unpaired) electrons. The summed E-state index contributed by atoms with van der Waals surface area (Å²) < 4.78 is 24.9. The molecule has 2 aromatic carbocycles. The van der Waals surface area contributed by atoms with Gasteiger partial charge in [-0.05, 0) is 68.4 Å². The molecule has 0 N–H and O–H groups in total. The largest absolute Gasteiger partial charge is 0.477 e. The van der Waals surface area contributed by atoms with Gasteiger partial charge in [-0.15, -0.1) is 0 Å². The first-order valence-corrected chi connectivity index (χ1v) is 10.3. The van der Waals surface area contributed by atoms with Crippen molar-refractivity contribution in [2.24, 2.45) is 0 Å². The molecule has 150 valence electrons. The van der Waals surface area contributed by atoms with Crippen molar-refractivity contribution < 1.29 is 13.5 Å². The van der Waals surface area contributed by atoms with Gasteiger partial charge in [0.05, 0.1) is 0 Å². The second-order valence-electron chi connectivity index (χ2n) is 8.12. The molecule has 5 heteroatoms. The predicted molar refractivity (Wildman–Crippen MR) is 110 cm³/mol. The zero-order valence-electron chi connectivity index (χ0n) is 16.6. The summed E-state index contributed by atoms with van der Waals surface area (Å²) in [7, 11) is 0. The average molecular weight is 393 g/mol. The van der Waals surface area contributed by atoms with Crippen LogP contribution in [0.5, 0.6) is 5.75 Å². The molecule has 3 aromatic rings. The fourth-order valence-electron chi connectivity index (χ4n) is 4.63. The van der Waals surface area contributed by atoms with Crippen LogP contribution in [0.1, 0.15) is 40.7 Å². The van der Waals surface area contributed by atoms with Crippen LogP contribution in [0, 0.1) is 12.7 Å². The molecule has 0 spiro atoms. The molecule has 5 rings (SSSR count). The molecule has 0 atom stereocenters. The van der Waals surface area contributed by atoms with Crippen LogP contribution >= 0.6 is 0 Å². The number of hydrogen-bond donors (Lipinski definition) is 0. The Morgan fingerprint density at radius 2 is 1.86 bits per heavy atom. The Morgan fingerprint density at radius 3 is 2.66 bits per heavy atom. The monoisotopic (exact) mass is 393 g/mol. The second kappa shape index (κ2) is 7.30. The number of ether oxygens (including phenoxy) is 1. The lowest BCUT2D eigenvalue weighted by molar-refractivity contribution is 0.0959. The molecule has 2 aliphatic rings. The standard InChI is InChI=1S/C24H24FNO3/c1-15-22-17(12-21-19-4-2-3-5-20(19)24(27)29-23(15)21)13-26(14-28-22)11-10-16-6-8-18(25)9-7-16/h6-9,12H,2-5,10-11,13-14H2,1H3. The molecular formula is C24H24FNO3. The third-order valence-electron chi connectivity index (χ3n) is 6.19. The quantitative estimate of drug-likeness (QED) is 0.614. The zero-order chi connectivity index (χ0) is 20.0. The summed E-state index contributed by atoms with van der Waals surface area (Å²) >= 11 is 0. The summed E-state index contributed by atoms with van der Waals surface area (Å²) in [6.45, 7) is 4.11. The molecule has 0 bridgehead atoms. The highest BCUT2D eigenvalue weighted by molar-refractivity contribution is 5.87. The van der Waals surface area contributed by atoms with E-state index in [4.69, 9.17) is 9.15 Å². The Bertz CT molecular complexity index is 1130. The zero-order valence-corrected chi connectivity index (χ0v) is 16.6. The van der Waals surface area contributed by atoms with Gasteiger partial charge in [0.25, 0.3) is 0 Å². The Kier molecular flexibility index (Phi) is 4.63. The van der Waals surface area contributed by atoms with Crippen molar-refractivity contribution in [3.8, 4) is 5.75 Å². The minimum Gasteiger partial charge on any atom is -0.477 e. The minimum absolute atomic E-state index is 0.188. The Balaban J connectivity index is 1.45. The first-order chi connectivity index (χ1) is 14.1. The molecule has 0 fully saturated rings. The highest BCUT2D eigenvalue weighted by Crippen LogP contribution is 2.37. The van der Waals surface area contributed by atoms with Crippen molar-refractivity contribution in [1.82, 2.24) is 4.90 Å². The van der Waals surface area contributed by atoms with E-state index in [1.807, 2.05) is 19.1 Å². The van der Waals surface area contributed by atoms with Gasteiger partial charge < -0.3 is 9.15 Å². The van der Waals surface area contributed by atoms with Gasteiger partial charge in [0.15, 0.2) is 0 Å². The lowest BCUT2D eigenvalue weighted by atomic mass is 9.89. The van der Waals surface area contributed by atoms with Crippen LogP contribution in [0.3, 0.4) is 0 Å². The van der Waals surface area contributed by atoms with Gasteiger partial charge in [-0.3, -0.25) is 4.90 Å². The van der Waals surface area contributed by atoms with Crippen LogP contribution in [-0.4, -0.2) is 18.2 Å². The number of rotatable bonds is 3. The van der Waals surface area contributed by atoms with Crippen molar-refractivity contribution in [1.29, 1.82) is 0 Å². The van der Waals surface area contributed by atoms with E-state index in [9.17, 15) is 9.18 Å². The van der Waals surface area contributed by atoms with Gasteiger partial charge in [-0.1, -0.05) is 12.1 Å². The van der Waals surface area contributed by atoms with E-state index >= 15 is 0 Å². The summed E-state index contributed by atoms with van der Waals surface area (Å²) in [5, 5.41) is 1.07. The van der Waals surface area contributed by atoms with Gasteiger partial charge >= 0.3 is 5.63 Å². The molecule has 1 aliphatic carbocycles. The lowest BCUT2D eigenvalue weighted by Gasteiger charge is -2.30. The fourth-order valence-corrected chi connectivity index (χ4v) is 4.63. The maximum Gasteiger partial charge on any atom is 0.339 e. The highest BCUT2D eigenvalue weighted by Gasteiger charge is 2.25. The van der Waals surface area contributed by atoms with Crippen LogP contribution < -0.4 is 10.4 Å². The highest BCUT2D eigenvalue weighted by atomic mass is 19.1.